The van der Waals surface area contributed by atoms with Crippen LogP contribution in [0.15, 0.2) is 24.4 Å². The monoisotopic (exact) mass is 219 g/mol. The summed E-state index contributed by atoms with van der Waals surface area (Å²) in [5, 5.41) is 20.7. The summed E-state index contributed by atoms with van der Waals surface area (Å²) in [4.78, 5) is 0. The molecule has 16 heavy (non-hydrogen) atoms. The molecule has 3 heteroatoms. The average molecular weight is 219 g/mol. The van der Waals surface area contributed by atoms with E-state index in [9.17, 15) is 10.2 Å². The third-order valence-corrected chi connectivity index (χ3v) is 2.88. The molecule has 2 N–H and O–H groups in total. The molecule has 1 aromatic heterocycles. The predicted octanol–water partition coefficient (Wildman–Crippen LogP) is 2.59. The van der Waals surface area contributed by atoms with E-state index in [0.29, 0.717) is 0 Å². The number of benzene rings is 1. The molecule has 1 heterocycles. The highest BCUT2D eigenvalue weighted by Crippen LogP contribution is 2.35. The number of fused-ring (bicyclic) bond motifs is 1. The van der Waals surface area contributed by atoms with Crippen LogP contribution in [0.1, 0.15) is 26.3 Å². The van der Waals surface area contributed by atoms with Crippen LogP contribution < -0.4 is 0 Å². The lowest BCUT2D eigenvalue weighted by molar-refractivity contribution is 0.0798. The maximum atomic E-state index is 10.1. The molecule has 2 rings (SSSR count). The molecule has 0 unspecified atom stereocenters. The van der Waals surface area contributed by atoms with Gasteiger partial charge in [0.05, 0.1) is 11.1 Å². The molecule has 0 aliphatic carbocycles. The molecule has 0 aliphatic rings. The van der Waals surface area contributed by atoms with Crippen molar-refractivity contribution in [1.82, 2.24) is 4.57 Å². The summed E-state index contributed by atoms with van der Waals surface area (Å²) in [6.45, 7) is 6.32. The van der Waals surface area contributed by atoms with Gasteiger partial charge in [0.25, 0.3) is 0 Å². The van der Waals surface area contributed by atoms with Crippen LogP contribution in [0.4, 0.5) is 0 Å². The van der Waals surface area contributed by atoms with Crippen LogP contribution in [-0.2, 0) is 12.1 Å². The van der Waals surface area contributed by atoms with E-state index in [2.05, 4.69) is 0 Å². The van der Waals surface area contributed by atoms with Crippen molar-refractivity contribution in [1.29, 1.82) is 0 Å². The smallest absolute Gasteiger partial charge is 0.125 e. The zero-order valence-electron chi connectivity index (χ0n) is 9.86. The first-order valence-corrected chi connectivity index (χ1v) is 5.49. The number of aromatic nitrogens is 1. The molecule has 0 radical (unpaired) electrons. The lowest BCUT2D eigenvalue weighted by atomic mass is 9.97. The first-order valence-electron chi connectivity index (χ1n) is 5.49. The highest BCUT2D eigenvalue weighted by atomic mass is 16.3. The number of phenols is 1. The number of rotatable bonds is 2. The number of aryl methyl sites for hydroxylation is 1. The first kappa shape index (κ1) is 11.0. The van der Waals surface area contributed by atoms with Crippen LogP contribution in [0.25, 0.3) is 10.9 Å². The van der Waals surface area contributed by atoms with Crippen LogP contribution in [-0.4, -0.2) is 14.8 Å². The van der Waals surface area contributed by atoms with E-state index < -0.39 is 5.60 Å². The molecular weight excluding hydrogens is 202 g/mol. The Morgan fingerprint density at radius 3 is 2.56 bits per heavy atom. The van der Waals surface area contributed by atoms with Crippen LogP contribution in [0.3, 0.4) is 0 Å². The minimum absolute atomic E-state index is 0.224. The van der Waals surface area contributed by atoms with Crippen molar-refractivity contribution < 1.29 is 10.2 Å². The second kappa shape index (κ2) is 3.52. The van der Waals surface area contributed by atoms with E-state index in [1.165, 1.54) is 0 Å². The Bertz CT molecular complexity index is 520. The molecule has 0 saturated heterocycles. The summed E-state index contributed by atoms with van der Waals surface area (Å²) in [5.74, 6) is 0.224. The minimum Gasteiger partial charge on any atom is -0.507 e. The minimum atomic E-state index is -0.947. The lowest BCUT2D eigenvalue weighted by Gasteiger charge is -2.16. The number of hydrogen-bond donors (Lipinski definition) is 2. The van der Waals surface area contributed by atoms with Crippen LogP contribution in [0, 0.1) is 0 Å². The average Bonchev–Trinajstić information content (AvgIpc) is 2.57. The summed E-state index contributed by atoms with van der Waals surface area (Å²) in [5.41, 5.74) is 0.777. The fraction of sp³-hybridized carbons (Fsp3) is 0.385. The zero-order valence-corrected chi connectivity index (χ0v) is 9.86. The van der Waals surface area contributed by atoms with Gasteiger partial charge in [-0.05, 0) is 32.9 Å². The summed E-state index contributed by atoms with van der Waals surface area (Å²) in [6, 6.07) is 5.42. The Morgan fingerprint density at radius 1 is 1.31 bits per heavy atom. The largest absolute Gasteiger partial charge is 0.507 e. The zero-order chi connectivity index (χ0) is 11.9. The lowest BCUT2D eigenvalue weighted by Crippen LogP contribution is -2.14. The molecule has 86 valence electrons. The van der Waals surface area contributed by atoms with Crippen LogP contribution in [0.2, 0.25) is 0 Å². The Hall–Kier alpha value is -1.48. The standard InChI is InChI=1S/C13H17NO2/c1-4-14-8-9(13(2,3)16)12-10(14)6-5-7-11(12)15/h5-8,15-16H,4H2,1-3H3. The SMILES string of the molecule is CCn1cc(C(C)(C)O)c2c(O)cccc21. The second-order valence-corrected chi connectivity index (χ2v) is 4.56. The van der Waals surface area contributed by atoms with Crippen molar-refractivity contribution in [3.05, 3.63) is 30.0 Å². The van der Waals surface area contributed by atoms with Gasteiger partial charge in [-0.1, -0.05) is 6.07 Å². The number of nitrogens with zero attached hydrogens (tertiary/aromatic N) is 1. The van der Waals surface area contributed by atoms with E-state index in [1.54, 1.807) is 19.9 Å². The molecule has 0 atom stereocenters. The summed E-state index contributed by atoms with van der Waals surface area (Å²) < 4.78 is 2.03. The molecule has 0 saturated carbocycles. The van der Waals surface area contributed by atoms with Gasteiger partial charge in [0.1, 0.15) is 5.75 Å². The van der Waals surface area contributed by atoms with Gasteiger partial charge in [-0.15, -0.1) is 0 Å². The second-order valence-electron chi connectivity index (χ2n) is 4.56. The van der Waals surface area contributed by atoms with E-state index in [-0.39, 0.29) is 5.75 Å². The van der Waals surface area contributed by atoms with Gasteiger partial charge in [0.15, 0.2) is 0 Å². The summed E-state index contributed by atoms with van der Waals surface area (Å²) >= 11 is 0. The van der Waals surface area contributed by atoms with Crippen molar-refractivity contribution >= 4 is 10.9 Å². The molecule has 0 spiro atoms. The van der Waals surface area contributed by atoms with E-state index >= 15 is 0 Å². The third kappa shape index (κ3) is 1.57. The van der Waals surface area contributed by atoms with Gasteiger partial charge < -0.3 is 14.8 Å². The summed E-state index contributed by atoms with van der Waals surface area (Å²) in [7, 11) is 0. The van der Waals surface area contributed by atoms with Crippen molar-refractivity contribution in [3.8, 4) is 5.75 Å². The van der Waals surface area contributed by atoms with E-state index in [0.717, 1.165) is 23.0 Å². The maximum Gasteiger partial charge on any atom is 0.125 e. The normalized spacial score (nSPS) is 12.2. The topological polar surface area (TPSA) is 45.4 Å². The summed E-state index contributed by atoms with van der Waals surface area (Å²) in [6.07, 6.45) is 1.91. The fourth-order valence-electron chi connectivity index (χ4n) is 2.06. The van der Waals surface area contributed by atoms with E-state index in [4.69, 9.17) is 0 Å². The Balaban J connectivity index is 2.85. The third-order valence-electron chi connectivity index (χ3n) is 2.88. The van der Waals surface area contributed by atoms with Gasteiger partial charge in [-0.2, -0.15) is 0 Å². The van der Waals surface area contributed by atoms with Gasteiger partial charge in [-0.25, -0.2) is 0 Å². The van der Waals surface area contributed by atoms with Gasteiger partial charge >= 0.3 is 0 Å². The Labute approximate surface area is 94.9 Å². The van der Waals surface area contributed by atoms with Crippen molar-refractivity contribution in [2.45, 2.75) is 32.9 Å². The highest BCUT2D eigenvalue weighted by molar-refractivity contribution is 5.90. The number of phenolic OH excluding ortho intramolecular Hbond substituents is 1. The molecule has 0 bridgehead atoms. The highest BCUT2D eigenvalue weighted by Gasteiger charge is 2.23. The first-order chi connectivity index (χ1) is 7.45. The van der Waals surface area contributed by atoms with Gasteiger partial charge in [-0.3, -0.25) is 0 Å². The Morgan fingerprint density at radius 2 is 2.00 bits per heavy atom. The number of hydrogen-bond acceptors (Lipinski definition) is 2. The molecule has 2 aromatic rings. The molecule has 1 aromatic carbocycles. The van der Waals surface area contributed by atoms with Crippen molar-refractivity contribution in [3.63, 3.8) is 0 Å². The van der Waals surface area contributed by atoms with E-state index in [1.807, 2.05) is 29.8 Å². The van der Waals surface area contributed by atoms with Gasteiger partial charge in [0.2, 0.25) is 0 Å². The molecule has 0 fully saturated rings. The molecule has 0 amide bonds. The number of aliphatic hydroxyl groups is 1. The predicted molar refractivity (Wildman–Crippen MR) is 64.5 cm³/mol. The molecule has 3 nitrogen and oxygen atoms in total. The molecular formula is C13H17NO2. The van der Waals surface area contributed by atoms with Crippen molar-refractivity contribution in [2.75, 3.05) is 0 Å². The van der Waals surface area contributed by atoms with Crippen molar-refractivity contribution in [2.24, 2.45) is 0 Å². The number of aromatic hydroxyl groups is 1. The molecule has 0 aliphatic heterocycles. The van der Waals surface area contributed by atoms with Gasteiger partial charge in [0, 0.05) is 23.7 Å². The quantitative estimate of drug-likeness (QED) is 0.815. The fourth-order valence-corrected chi connectivity index (χ4v) is 2.06. The van der Waals surface area contributed by atoms with Crippen LogP contribution in [0.5, 0.6) is 5.75 Å². The Kier molecular flexibility index (Phi) is 2.43. The van der Waals surface area contributed by atoms with Crippen LogP contribution >= 0.6 is 0 Å². The maximum absolute atomic E-state index is 10.1.